The Bertz CT molecular complexity index is 1040. The third kappa shape index (κ3) is 6.05. The van der Waals surface area contributed by atoms with E-state index in [1.54, 1.807) is 48.7 Å². The second-order valence-corrected chi connectivity index (χ2v) is 7.34. The number of rotatable bonds is 9. The van der Waals surface area contributed by atoms with Gasteiger partial charge in [0.15, 0.2) is 0 Å². The summed E-state index contributed by atoms with van der Waals surface area (Å²) in [6.07, 6.45) is 7.10. The van der Waals surface area contributed by atoms with Crippen LogP contribution < -0.4 is 15.4 Å². The summed E-state index contributed by atoms with van der Waals surface area (Å²) in [5.41, 5.74) is 1.35. The van der Waals surface area contributed by atoms with E-state index in [1.807, 2.05) is 12.1 Å². The van der Waals surface area contributed by atoms with Crippen molar-refractivity contribution in [2.75, 3.05) is 6.61 Å². The summed E-state index contributed by atoms with van der Waals surface area (Å²) in [5, 5.41) is 5.47. The lowest BCUT2D eigenvalue weighted by atomic mass is 10.2. The molecule has 1 aromatic carbocycles. The Labute approximate surface area is 180 Å². The quantitative estimate of drug-likeness (QED) is 0.520. The number of hydrogen-bond donors (Lipinski definition) is 2. The van der Waals surface area contributed by atoms with Crippen molar-refractivity contribution in [1.82, 2.24) is 15.6 Å². The van der Waals surface area contributed by atoms with Crippen LogP contribution in [0.4, 0.5) is 0 Å². The highest BCUT2D eigenvalue weighted by atomic mass is 16.5. The number of benzene rings is 1. The van der Waals surface area contributed by atoms with Crippen molar-refractivity contribution in [1.29, 1.82) is 0 Å². The van der Waals surface area contributed by atoms with Gasteiger partial charge < -0.3 is 19.8 Å². The van der Waals surface area contributed by atoms with Crippen LogP contribution in [0.5, 0.6) is 5.88 Å². The normalized spacial score (nSPS) is 13.5. The fourth-order valence-electron chi connectivity index (χ4n) is 2.82. The van der Waals surface area contributed by atoms with Crippen molar-refractivity contribution in [3.63, 3.8) is 0 Å². The highest BCUT2D eigenvalue weighted by Gasteiger charge is 2.22. The maximum absolute atomic E-state index is 12.8. The third-order valence-electron chi connectivity index (χ3n) is 4.77. The molecule has 0 spiro atoms. The second-order valence-electron chi connectivity index (χ2n) is 7.34. The first-order valence-electron chi connectivity index (χ1n) is 10.1. The summed E-state index contributed by atoms with van der Waals surface area (Å²) < 4.78 is 10.9. The molecule has 3 aromatic rings. The molecule has 4 rings (SSSR count). The van der Waals surface area contributed by atoms with E-state index in [2.05, 4.69) is 15.6 Å². The zero-order valence-electron chi connectivity index (χ0n) is 16.9. The largest absolute Gasteiger partial charge is 0.477 e. The first-order chi connectivity index (χ1) is 15.2. The molecule has 2 amide bonds. The molecular formula is C24H23N3O4. The van der Waals surface area contributed by atoms with Crippen LogP contribution in [-0.2, 0) is 11.3 Å². The second kappa shape index (κ2) is 9.75. The Morgan fingerprint density at radius 3 is 2.61 bits per heavy atom. The first kappa shape index (κ1) is 20.4. The summed E-state index contributed by atoms with van der Waals surface area (Å²) in [4.78, 5) is 29.6. The van der Waals surface area contributed by atoms with E-state index in [0.29, 0.717) is 29.7 Å². The van der Waals surface area contributed by atoms with Gasteiger partial charge in [-0.25, -0.2) is 4.98 Å². The maximum Gasteiger partial charge on any atom is 0.268 e. The number of carbonyl (C=O) groups is 2. The molecule has 1 aliphatic carbocycles. The van der Waals surface area contributed by atoms with E-state index in [9.17, 15) is 9.59 Å². The molecule has 0 unspecified atom stereocenters. The molecule has 158 valence electrons. The maximum atomic E-state index is 12.8. The first-order valence-corrected chi connectivity index (χ1v) is 10.1. The molecule has 31 heavy (non-hydrogen) atoms. The summed E-state index contributed by atoms with van der Waals surface area (Å²) >= 11 is 0. The van der Waals surface area contributed by atoms with Crippen molar-refractivity contribution < 1.29 is 18.7 Å². The number of nitrogens with zero attached hydrogens (tertiary/aromatic N) is 1. The van der Waals surface area contributed by atoms with Gasteiger partial charge in [0, 0.05) is 30.4 Å². The van der Waals surface area contributed by atoms with Gasteiger partial charge in [0.2, 0.25) is 5.88 Å². The molecule has 0 radical (unpaired) electrons. The molecule has 1 fully saturated rings. The molecule has 7 heteroatoms. The number of pyridine rings is 1. The number of furan rings is 1. The molecule has 2 heterocycles. The van der Waals surface area contributed by atoms with Crippen LogP contribution >= 0.6 is 0 Å². The van der Waals surface area contributed by atoms with Crippen LogP contribution in [0.3, 0.4) is 0 Å². The molecule has 0 saturated heterocycles. The zero-order valence-corrected chi connectivity index (χ0v) is 16.9. The topological polar surface area (TPSA) is 93.5 Å². The number of ether oxygens (including phenoxy) is 1. The molecule has 1 aliphatic rings. The van der Waals surface area contributed by atoms with E-state index in [-0.39, 0.29) is 18.1 Å². The van der Waals surface area contributed by atoms with Gasteiger partial charge >= 0.3 is 0 Å². The highest BCUT2D eigenvalue weighted by Crippen LogP contribution is 2.29. The van der Waals surface area contributed by atoms with Gasteiger partial charge in [-0.05, 0) is 48.6 Å². The van der Waals surface area contributed by atoms with Crippen LogP contribution in [0.2, 0.25) is 0 Å². The van der Waals surface area contributed by atoms with E-state index < -0.39 is 5.91 Å². The SMILES string of the molecule is O=C(NCc1ccc(OCC2CC2)nc1)C(=Cc1ccco1)NC(=O)c1ccccc1. The molecule has 1 saturated carbocycles. The minimum atomic E-state index is -0.435. The number of nitrogens with one attached hydrogen (secondary N) is 2. The Morgan fingerprint density at radius 1 is 1.10 bits per heavy atom. The van der Waals surface area contributed by atoms with Gasteiger partial charge in [-0.3, -0.25) is 9.59 Å². The smallest absolute Gasteiger partial charge is 0.268 e. The van der Waals surface area contributed by atoms with Crippen molar-refractivity contribution >= 4 is 17.9 Å². The van der Waals surface area contributed by atoms with E-state index in [1.165, 1.54) is 25.2 Å². The summed E-state index contributed by atoms with van der Waals surface area (Å²) in [6, 6.07) is 15.7. The minimum Gasteiger partial charge on any atom is -0.477 e. The summed E-state index contributed by atoms with van der Waals surface area (Å²) in [5.74, 6) is 0.876. The van der Waals surface area contributed by atoms with Crippen molar-refractivity contribution in [2.24, 2.45) is 5.92 Å². The number of amides is 2. The molecule has 0 aliphatic heterocycles. The molecular weight excluding hydrogens is 394 g/mol. The standard InChI is InChI=1S/C24H23N3O4/c28-23(19-5-2-1-3-6-19)27-21(13-20-7-4-12-30-20)24(29)26-15-18-10-11-22(25-14-18)31-16-17-8-9-17/h1-7,10-14,17H,8-9,15-16H2,(H,26,29)(H,27,28). The van der Waals surface area contributed by atoms with Gasteiger partial charge in [0.25, 0.3) is 11.8 Å². The van der Waals surface area contributed by atoms with Crippen LogP contribution in [0.25, 0.3) is 6.08 Å². The van der Waals surface area contributed by atoms with Crippen molar-refractivity contribution in [3.8, 4) is 5.88 Å². The van der Waals surface area contributed by atoms with E-state index >= 15 is 0 Å². The Balaban J connectivity index is 1.39. The third-order valence-corrected chi connectivity index (χ3v) is 4.77. The molecule has 0 bridgehead atoms. The number of carbonyl (C=O) groups excluding carboxylic acids is 2. The molecule has 2 N–H and O–H groups in total. The minimum absolute atomic E-state index is 0.0844. The lowest BCUT2D eigenvalue weighted by molar-refractivity contribution is -0.117. The van der Waals surface area contributed by atoms with Gasteiger partial charge in [0.1, 0.15) is 11.5 Å². The van der Waals surface area contributed by atoms with Gasteiger partial charge in [0.05, 0.1) is 12.9 Å². The fourth-order valence-corrected chi connectivity index (χ4v) is 2.82. The van der Waals surface area contributed by atoms with Crippen LogP contribution in [-0.4, -0.2) is 23.4 Å². The predicted molar refractivity (Wildman–Crippen MR) is 115 cm³/mol. The van der Waals surface area contributed by atoms with Gasteiger partial charge in [-0.1, -0.05) is 24.3 Å². The molecule has 0 atom stereocenters. The predicted octanol–water partition coefficient (Wildman–Crippen LogP) is 3.55. The van der Waals surface area contributed by atoms with E-state index in [4.69, 9.17) is 9.15 Å². The van der Waals surface area contributed by atoms with Crippen molar-refractivity contribution in [3.05, 3.63) is 89.6 Å². The van der Waals surface area contributed by atoms with Crippen LogP contribution in [0.1, 0.15) is 34.5 Å². The highest BCUT2D eigenvalue weighted by molar-refractivity contribution is 6.05. The Morgan fingerprint density at radius 2 is 1.94 bits per heavy atom. The van der Waals surface area contributed by atoms with Crippen molar-refractivity contribution in [2.45, 2.75) is 19.4 Å². The summed E-state index contributed by atoms with van der Waals surface area (Å²) in [6.45, 7) is 0.955. The zero-order chi connectivity index (χ0) is 21.5. The van der Waals surface area contributed by atoms with E-state index in [0.717, 1.165) is 5.56 Å². The Kier molecular flexibility index (Phi) is 6.42. The van der Waals surface area contributed by atoms with Gasteiger partial charge in [-0.2, -0.15) is 0 Å². The monoisotopic (exact) mass is 417 g/mol. The van der Waals surface area contributed by atoms with Crippen LogP contribution in [0.15, 0.2) is 77.2 Å². The van der Waals surface area contributed by atoms with Crippen LogP contribution in [0, 0.1) is 5.92 Å². The summed E-state index contributed by atoms with van der Waals surface area (Å²) in [7, 11) is 0. The molecule has 7 nitrogen and oxygen atoms in total. The van der Waals surface area contributed by atoms with Gasteiger partial charge in [-0.15, -0.1) is 0 Å². The average molecular weight is 417 g/mol. The Hall–Kier alpha value is -3.87. The lowest BCUT2D eigenvalue weighted by Crippen LogP contribution is -2.34. The lowest BCUT2D eigenvalue weighted by Gasteiger charge is -2.11. The number of hydrogen-bond acceptors (Lipinski definition) is 5. The average Bonchev–Trinajstić information content (AvgIpc) is 3.50. The number of aromatic nitrogens is 1. The molecule has 2 aromatic heterocycles. The fraction of sp³-hybridized carbons (Fsp3) is 0.208.